The predicted octanol–water partition coefficient (Wildman–Crippen LogP) is 3.18. The van der Waals surface area contributed by atoms with E-state index >= 15 is 0 Å². The predicted molar refractivity (Wildman–Crippen MR) is 101 cm³/mol. The van der Waals surface area contributed by atoms with Crippen LogP contribution < -0.4 is 5.32 Å². The quantitative estimate of drug-likeness (QED) is 0.816. The zero-order chi connectivity index (χ0) is 20.2. The van der Waals surface area contributed by atoms with Gasteiger partial charge in [-0.1, -0.05) is 17.7 Å². The minimum absolute atomic E-state index is 0.398. The van der Waals surface area contributed by atoms with E-state index in [-0.39, 0.29) is 0 Å². The van der Waals surface area contributed by atoms with Gasteiger partial charge in [-0.05, 0) is 59.1 Å². The highest BCUT2D eigenvalue weighted by molar-refractivity contribution is 5.94. The third-order valence-electron chi connectivity index (χ3n) is 4.15. The Morgan fingerprint density at radius 2 is 1.93 bits per heavy atom. The molecule has 0 aromatic heterocycles. The summed E-state index contributed by atoms with van der Waals surface area (Å²) < 4.78 is 10.5. The minimum Gasteiger partial charge on any atom is -0.454 e. The summed E-state index contributed by atoms with van der Waals surface area (Å²) in [5.74, 6) is -1.01. The Kier molecular flexibility index (Phi) is 6.46. The lowest BCUT2D eigenvalue weighted by Crippen LogP contribution is -2.44. The summed E-state index contributed by atoms with van der Waals surface area (Å²) in [6.45, 7) is 9.21. The van der Waals surface area contributed by atoms with Gasteiger partial charge in [0.25, 0.3) is 5.91 Å². The number of benzene rings is 1. The van der Waals surface area contributed by atoms with Crippen LogP contribution in [0.4, 0.5) is 10.5 Å². The van der Waals surface area contributed by atoms with Gasteiger partial charge < -0.3 is 14.8 Å². The van der Waals surface area contributed by atoms with Crippen LogP contribution in [0, 0.1) is 13.8 Å². The summed E-state index contributed by atoms with van der Waals surface area (Å²) in [6, 6.07) is 4.95. The molecule has 1 aliphatic rings. The first kappa shape index (κ1) is 20.7. The molecule has 2 amide bonds. The van der Waals surface area contributed by atoms with Crippen LogP contribution in [0.1, 0.15) is 44.7 Å². The van der Waals surface area contributed by atoms with Crippen LogP contribution in [0.2, 0.25) is 0 Å². The molecule has 1 saturated heterocycles. The number of amides is 2. The van der Waals surface area contributed by atoms with Crippen molar-refractivity contribution >= 4 is 23.7 Å². The monoisotopic (exact) mass is 376 g/mol. The lowest BCUT2D eigenvalue weighted by Gasteiger charge is -2.27. The maximum Gasteiger partial charge on any atom is 0.411 e. The molecule has 1 atom stereocenters. The van der Waals surface area contributed by atoms with Gasteiger partial charge in [-0.25, -0.2) is 9.59 Å². The van der Waals surface area contributed by atoms with Crippen LogP contribution in [-0.4, -0.2) is 47.7 Å². The SMILES string of the molecule is Cc1ccc(NC(=O)COC(=O)[C@@H]2CCCN2C(=O)OC(C)(C)C)c(C)c1. The van der Waals surface area contributed by atoms with E-state index in [2.05, 4.69) is 5.32 Å². The first-order valence-electron chi connectivity index (χ1n) is 9.10. The van der Waals surface area contributed by atoms with Gasteiger partial charge in [-0.2, -0.15) is 0 Å². The maximum atomic E-state index is 12.3. The second kappa shape index (κ2) is 8.41. The number of hydrogen-bond acceptors (Lipinski definition) is 5. The van der Waals surface area contributed by atoms with Crippen LogP contribution in [0.3, 0.4) is 0 Å². The molecule has 1 aliphatic heterocycles. The summed E-state index contributed by atoms with van der Waals surface area (Å²) in [5, 5.41) is 2.73. The van der Waals surface area contributed by atoms with Gasteiger partial charge in [-0.15, -0.1) is 0 Å². The molecule has 0 bridgehead atoms. The molecule has 1 heterocycles. The normalized spacial score (nSPS) is 16.8. The molecule has 0 aliphatic carbocycles. The minimum atomic E-state index is -0.714. The van der Waals surface area contributed by atoms with E-state index in [4.69, 9.17) is 9.47 Å². The maximum absolute atomic E-state index is 12.3. The zero-order valence-electron chi connectivity index (χ0n) is 16.6. The highest BCUT2D eigenvalue weighted by Crippen LogP contribution is 2.22. The molecule has 0 radical (unpaired) electrons. The Balaban J connectivity index is 1.88. The van der Waals surface area contributed by atoms with E-state index in [0.717, 1.165) is 11.1 Å². The number of aryl methyl sites for hydroxylation is 2. The van der Waals surface area contributed by atoms with E-state index in [1.54, 1.807) is 20.8 Å². The molecule has 1 fully saturated rings. The van der Waals surface area contributed by atoms with Crippen molar-refractivity contribution in [1.82, 2.24) is 4.90 Å². The van der Waals surface area contributed by atoms with E-state index in [1.807, 2.05) is 32.0 Å². The summed E-state index contributed by atoms with van der Waals surface area (Å²) in [6.07, 6.45) is 0.645. The highest BCUT2D eigenvalue weighted by atomic mass is 16.6. The molecule has 7 heteroatoms. The number of nitrogens with one attached hydrogen (secondary N) is 1. The summed E-state index contributed by atoms with van der Waals surface area (Å²) >= 11 is 0. The van der Waals surface area contributed by atoms with Crippen molar-refractivity contribution in [3.63, 3.8) is 0 Å². The highest BCUT2D eigenvalue weighted by Gasteiger charge is 2.37. The average Bonchev–Trinajstić information content (AvgIpc) is 3.03. The second-order valence-corrected chi connectivity index (χ2v) is 7.81. The third kappa shape index (κ3) is 5.98. The Hall–Kier alpha value is -2.57. The Bertz CT molecular complexity index is 724. The van der Waals surface area contributed by atoms with E-state index in [9.17, 15) is 14.4 Å². The first-order chi connectivity index (χ1) is 12.6. The van der Waals surface area contributed by atoms with E-state index in [1.165, 1.54) is 4.90 Å². The molecule has 1 aromatic carbocycles. The van der Waals surface area contributed by atoms with Gasteiger partial charge in [0.05, 0.1) is 0 Å². The lowest BCUT2D eigenvalue weighted by molar-refractivity contribution is -0.151. The summed E-state index contributed by atoms with van der Waals surface area (Å²) in [7, 11) is 0. The molecular formula is C20H28N2O5. The molecule has 27 heavy (non-hydrogen) atoms. The van der Waals surface area contributed by atoms with Crippen molar-refractivity contribution in [2.75, 3.05) is 18.5 Å². The van der Waals surface area contributed by atoms with Gasteiger partial charge in [0, 0.05) is 12.2 Å². The molecule has 0 saturated carbocycles. The smallest absolute Gasteiger partial charge is 0.411 e. The average molecular weight is 376 g/mol. The first-order valence-corrected chi connectivity index (χ1v) is 9.10. The number of carbonyl (C=O) groups excluding carboxylic acids is 3. The molecule has 0 spiro atoms. The molecule has 0 unspecified atom stereocenters. The standard InChI is InChI=1S/C20H28N2O5/c1-13-8-9-15(14(2)11-13)21-17(23)12-26-18(24)16-7-6-10-22(16)19(25)27-20(3,4)5/h8-9,11,16H,6-7,10,12H2,1-5H3,(H,21,23)/t16-/m0/s1. The fourth-order valence-corrected chi connectivity index (χ4v) is 2.92. The van der Waals surface area contributed by atoms with Crippen molar-refractivity contribution in [3.8, 4) is 0 Å². The number of likely N-dealkylation sites (tertiary alicyclic amines) is 1. The number of ether oxygens (including phenoxy) is 2. The Labute approximate surface area is 160 Å². The number of anilines is 1. The van der Waals surface area contributed by atoms with Crippen molar-refractivity contribution in [3.05, 3.63) is 29.3 Å². The molecule has 7 nitrogen and oxygen atoms in total. The van der Waals surface area contributed by atoms with Gasteiger partial charge in [0.2, 0.25) is 0 Å². The molecule has 1 N–H and O–H groups in total. The summed E-state index contributed by atoms with van der Waals surface area (Å²) in [5.41, 5.74) is 2.07. The van der Waals surface area contributed by atoms with Crippen molar-refractivity contribution in [2.24, 2.45) is 0 Å². The largest absolute Gasteiger partial charge is 0.454 e. The van der Waals surface area contributed by atoms with Gasteiger partial charge >= 0.3 is 12.1 Å². The second-order valence-electron chi connectivity index (χ2n) is 7.81. The topological polar surface area (TPSA) is 84.9 Å². The van der Waals surface area contributed by atoms with Crippen molar-refractivity contribution in [2.45, 2.75) is 59.1 Å². The third-order valence-corrected chi connectivity index (χ3v) is 4.15. The Morgan fingerprint density at radius 1 is 1.22 bits per heavy atom. The van der Waals surface area contributed by atoms with Crippen LogP contribution in [0.15, 0.2) is 18.2 Å². The molecular weight excluding hydrogens is 348 g/mol. The van der Waals surface area contributed by atoms with Crippen molar-refractivity contribution in [1.29, 1.82) is 0 Å². The molecule has 148 valence electrons. The molecule has 2 rings (SSSR count). The van der Waals surface area contributed by atoms with Crippen molar-refractivity contribution < 1.29 is 23.9 Å². The number of nitrogens with zero attached hydrogens (tertiary/aromatic N) is 1. The lowest BCUT2D eigenvalue weighted by atomic mass is 10.1. The van der Waals surface area contributed by atoms with E-state index < -0.39 is 36.2 Å². The van der Waals surface area contributed by atoms with Gasteiger partial charge in [0.15, 0.2) is 6.61 Å². The number of carbonyl (C=O) groups is 3. The fraction of sp³-hybridized carbons (Fsp3) is 0.550. The van der Waals surface area contributed by atoms with Gasteiger partial charge in [0.1, 0.15) is 11.6 Å². The summed E-state index contributed by atoms with van der Waals surface area (Å²) in [4.78, 5) is 38.0. The van der Waals surface area contributed by atoms with Crippen LogP contribution in [-0.2, 0) is 19.1 Å². The van der Waals surface area contributed by atoms with Gasteiger partial charge in [-0.3, -0.25) is 9.69 Å². The number of rotatable bonds is 4. The van der Waals surface area contributed by atoms with Crippen LogP contribution in [0.5, 0.6) is 0 Å². The van der Waals surface area contributed by atoms with E-state index in [0.29, 0.717) is 25.1 Å². The fourth-order valence-electron chi connectivity index (χ4n) is 2.92. The van der Waals surface area contributed by atoms with Crippen LogP contribution >= 0.6 is 0 Å². The zero-order valence-corrected chi connectivity index (χ0v) is 16.6. The Morgan fingerprint density at radius 3 is 2.56 bits per heavy atom. The number of hydrogen-bond donors (Lipinski definition) is 1. The number of esters is 1. The molecule has 1 aromatic rings. The van der Waals surface area contributed by atoms with Crippen LogP contribution in [0.25, 0.3) is 0 Å².